The van der Waals surface area contributed by atoms with Gasteiger partial charge in [-0.3, -0.25) is 4.79 Å². The molecule has 2 rings (SSSR count). The first-order chi connectivity index (χ1) is 15.0. The summed E-state index contributed by atoms with van der Waals surface area (Å²) in [6.45, 7) is 1.74. The molecule has 0 saturated carbocycles. The minimum absolute atomic E-state index is 0.138. The normalized spacial score (nSPS) is 11.7. The minimum Gasteiger partial charge on any atom is -0.395 e. The van der Waals surface area contributed by atoms with Crippen molar-refractivity contribution in [3.63, 3.8) is 0 Å². The number of carbonyl (C=O) groups excluding carboxylic acids is 2. The number of carbonyl (C=O) groups is 2. The van der Waals surface area contributed by atoms with Crippen LogP contribution in [-0.2, 0) is 17.6 Å². The molecule has 2 aromatic rings. The van der Waals surface area contributed by atoms with Crippen LogP contribution in [0.3, 0.4) is 0 Å². The van der Waals surface area contributed by atoms with Gasteiger partial charge in [0.2, 0.25) is 5.91 Å². The highest BCUT2D eigenvalue weighted by molar-refractivity contribution is 5.87. The number of amides is 3. The van der Waals surface area contributed by atoms with Crippen molar-refractivity contribution in [1.29, 1.82) is 0 Å². The van der Waals surface area contributed by atoms with Gasteiger partial charge < -0.3 is 25.5 Å². The predicted octanol–water partition coefficient (Wildman–Crippen LogP) is 1.52. The highest BCUT2D eigenvalue weighted by atomic mass is 16.3. The topological polar surface area (TPSA) is 84.9 Å². The van der Waals surface area contributed by atoms with Gasteiger partial charge in [0, 0.05) is 32.6 Å². The molecule has 3 amide bonds. The third kappa shape index (κ3) is 9.19. The zero-order valence-corrected chi connectivity index (χ0v) is 18.5. The van der Waals surface area contributed by atoms with E-state index in [0.717, 1.165) is 11.1 Å². The van der Waals surface area contributed by atoms with E-state index in [1.165, 1.54) is 0 Å². The lowest BCUT2D eigenvalue weighted by Crippen LogP contribution is -2.53. The van der Waals surface area contributed by atoms with E-state index in [9.17, 15) is 14.7 Å². The van der Waals surface area contributed by atoms with E-state index in [1.807, 2.05) is 79.7 Å². The van der Waals surface area contributed by atoms with Crippen LogP contribution in [0.5, 0.6) is 0 Å². The van der Waals surface area contributed by atoms with E-state index in [2.05, 4.69) is 10.6 Å². The Labute approximate surface area is 185 Å². The minimum atomic E-state index is -0.699. The first kappa shape index (κ1) is 24.4. The Bertz CT molecular complexity index is 784. The molecule has 0 saturated heterocycles. The fourth-order valence-corrected chi connectivity index (χ4v) is 3.17. The van der Waals surface area contributed by atoms with Crippen molar-refractivity contribution in [3.8, 4) is 0 Å². The van der Waals surface area contributed by atoms with Crippen molar-refractivity contribution in [2.75, 3.05) is 46.9 Å². The van der Waals surface area contributed by atoms with Crippen LogP contribution in [0.25, 0.3) is 0 Å². The molecule has 0 aliphatic rings. The summed E-state index contributed by atoms with van der Waals surface area (Å²) < 4.78 is 0. The Kier molecular flexibility index (Phi) is 10.5. The predicted molar refractivity (Wildman–Crippen MR) is 123 cm³/mol. The molecule has 7 nitrogen and oxygen atoms in total. The highest BCUT2D eigenvalue weighted by Crippen LogP contribution is 2.06. The van der Waals surface area contributed by atoms with E-state index >= 15 is 0 Å². The third-order valence-corrected chi connectivity index (χ3v) is 4.93. The molecule has 0 aliphatic heterocycles. The quantitative estimate of drug-likeness (QED) is 0.481. The van der Waals surface area contributed by atoms with Gasteiger partial charge >= 0.3 is 6.03 Å². The van der Waals surface area contributed by atoms with Crippen LogP contribution < -0.4 is 10.6 Å². The van der Waals surface area contributed by atoms with Crippen LogP contribution in [0.15, 0.2) is 60.7 Å². The van der Waals surface area contributed by atoms with Crippen molar-refractivity contribution < 1.29 is 14.7 Å². The SMILES string of the molecule is CN(C)CCNC(=O)[C@H](Cc1ccccc1)NC(=O)N(CCO)CCc1ccccc1. The van der Waals surface area contributed by atoms with Gasteiger partial charge in [0.1, 0.15) is 6.04 Å². The van der Waals surface area contributed by atoms with Crippen molar-refractivity contribution in [2.24, 2.45) is 0 Å². The van der Waals surface area contributed by atoms with Crippen LogP contribution in [0.4, 0.5) is 4.79 Å². The maximum Gasteiger partial charge on any atom is 0.318 e. The number of nitrogens with zero attached hydrogens (tertiary/aromatic N) is 2. The second-order valence-corrected chi connectivity index (χ2v) is 7.73. The van der Waals surface area contributed by atoms with Gasteiger partial charge in [-0.1, -0.05) is 60.7 Å². The van der Waals surface area contributed by atoms with Crippen LogP contribution in [0, 0.1) is 0 Å². The number of aliphatic hydroxyl groups is 1. The summed E-state index contributed by atoms with van der Waals surface area (Å²) in [7, 11) is 3.88. The number of urea groups is 1. The summed E-state index contributed by atoms with van der Waals surface area (Å²) in [4.78, 5) is 29.3. The fourth-order valence-electron chi connectivity index (χ4n) is 3.17. The van der Waals surface area contributed by atoms with Gasteiger partial charge in [0.15, 0.2) is 0 Å². The molecular weight excluding hydrogens is 392 g/mol. The second kappa shape index (κ2) is 13.4. The summed E-state index contributed by atoms with van der Waals surface area (Å²) in [5, 5.41) is 15.2. The van der Waals surface area contributed by atoms with Gasteiger partial charge in [0.25, 0.3) is 0 Å². The van der Waals surface area contributed by atoms with Gasteiger partial charge in [-0.2, -0.15) is 0 Å². The van der Waals surface area contributed by atoms with Gasteiger partial charge in [-0.05, 0) is 31.6 Å². The fraction of sp³-hybridized carbons (Fsp3) is 0.417. The van der Waals surface area contributed by atoms with E-state index in [-0.39, 0.29) is 25.1 Å². The van der Waals surface area contributed by atoms with E-state index in [4.69, 9.17) is 0 Å². The molecule has 1 atom stereocenters. The van der Waals surface area contributed by atoms with Gasteiger partial charge in [0.05, 0.1) is 6.61 Å². The van der Waals surface area contributed by atoms with E-state index in [0.29, 0.717) is 32.5 Å². The number of likely N-dealkylation sites (N-methyl/N-ethyl adjacent to an activating group) is 1. The molecule has 3 N–H and O–H groups in total. The van der Waals surface area contributed by atoms with E-state index in [1.54, 1.807) is 4.90 Å². The number of rotatable bonds is 12. The Balaban J connectivity index is 2.03. The molecular formula is C24H34N4O3. The molecule has 0 heterocycles. The molecule has 0 radical (unpaired) electrons. The number of nitrogens with one attached hydrogen (secondary N) is 2. The standard InChI is InChI=1S/C24H34N4O3/c1-27(2)16-14-25-23(30)22(19-21-11-7-4-8-12-21)26-24(31)28(17-18-29)15-13-20-9-5-3-6-10-20/h3-12,22,29H,13-19H2,1-2H3,(H,25,30)(H,26,31)/t22-/m0/s1. The monoisotopic (exact) mass is 426 g/mol. The van der Waals surface area contributed by atoms with Crippen LogP contribution in [0.1, 0.15) is 11.1 Å². The van der Waals surface area contributed by atoms with Crippen molar-refractivity contribution in [1.82, 2.24) is 20.4 Å². The third-order valence-electron chi connectivity index (χ3n) is 4.93. The zero-order chi connectivity index (χ0) is 22.5. The average molecular weight is 427 g/mol. The highest BCUT2D eigenvalue weighted by Gasteiger charge is 2.24. The van der Waals surface area contributed by atoms with Gasteiger partial charge in [-0.15, -0.1) is 0 Å². The summed E-state index contributed by atoms with van der Waals surface area (Å²) in [5.74, 6) is -0.217. The van der Waals surface area contributed by atoms with Crippen LogP contribution >= 0.6 is 0 Å². The lowest BCUT2D eigenvalue weighted by molar-refractivity contribution is -0.123. The molecule has 0 aliphatic carbocycles. The van der Waals surface area contributed by atoms with E-state index < -0.39 is 6.04 Å². The maximum absolute atomic E-state index is 13.0. The molecule has 0 spiro atoms. The lowest BCUT2D eigenvalue weighted by Gasteiger charge is -2.26. The number of aliphatic hydroxyl groups excluding tert-OH is 1. The molecule has 168 valence electrons. The summed E-state index contributed by atoms with van der Waals surface area (Å²) in [5.41, 5.74) is 2.08. The first-order valence-corrected chi connectivity index (χ1v) is 10.7. The van der Waals surface area contributed by atoms with Crippen molar-refractivity contribution in [2.45, 2.75) is 18.9 Å². The lowest BCUT2D eigenvalue weighted by atomic mass is 10.1. The summed E-state index contributed by atoms with van der Waals surface area (Å²) >= 11 is 0. The largest absolute Gasteiger partial charge is 0.395 e. The molecule has 0 bridgehead atoms. The molecule has 31 heavy (non-hydrogen) atoms. The molecule has 2 aromatic carbocycles. The average Bonchev–Trinajstić information content (AvgIpc) is 2.77. The van der Waals surface area contributed by atoms with Crippen LogP contribution in [-0.4, -0.2) is 79.8 Å². The number of hydrogen-bond donors (Lipinski definition) is 3. The Morgan fingerprint density at radius 3 is 2.10 bits per heavy atom. The number of benzene rings is 2. The molecule has 0 unspecified atom stereocenters. The molecule has 0 fully saturated rings. The second-order valence-electron chi connectivity index (χ2n) is 7.73. The van der Waals surface area contributed by atoms with Crippen molar-refractivity contribution in [3.05, 3.63) is 71.8 Å². The Hall–Kier alpha value is -2.90. The smallest absolute Gasteiger partial charge is 0.318 e. The number of hydrogen-bond acceptors (Lipinski definition) is 4. The Morgan fingerprint density at radius 2 is 1.52 bits per heavy atom. The summed E-state index contributed by atoms with van der Waals surface area (Å²) in [6.07, 6.45) is 1.07. The van der Waals surface area contributed by atoms with Gasteiger partial charge in [-0.25, -0.2) is 4.79 Å². The van der Waals surface area contributed by atoms with Crippen molar-refractivity contribution >= 4 is 11.9 Å². The summed E-state index contributed by atoms with van der Waals surface area (Å²) in [6, 6.07) is 18.4. The van der Waals surface area contributed by atoms with Crippen LogP contribution in [0.2, 0.25) is 0 Å². The maximum atomic E-state index is 13.0. The zero-order valence-electron chi connectivity index (χ0n) is 18.5. The molecule has 0 aromatic heterocycles. The molecule has 7 heteroatoms. The Morgan fingerprint density at radius 1 is 0.903 bits per heavy atom. The first-order valence-electron chi connectivity index (χ1n) is 10.7.